The van der Waals surface area contributed by atoms with Crippen molar-refractivity contribution >= 4 is 21.9 Å². The van der Waals surface area contributed by atoms with E-state index in [4.69, 9.17) is 5.11 Å². The van der Waals surface area contributed by atoms with Crippen LogP contribution in [0.4, 0.5) is 0 Å². The standard InChI is InChI=1S/C15H20BrNO2/c1-10-7-11(5-6-14(10)16)8-17-9-12-3-2-4-13(12)15(18)19/h5-7,12-13,17H,2-4,8-9H2,1H3,(H,18,19). The number of hydrogen-bond donors (Lipinski definition) is 2. The average molecular weight is 326 g/mol. The van der Waals surface area contributed by atoms with Crippen molar-refractivity contribution in [3.8, 4) is 0 Å². The van der Waals surface area contributed by atoms with Gasteiger partial charge in [0, 0.05) is 11.0 Å². The van der Waals surface area contributed by atoms with Crippen LogP contribution in [0.1, 0.15) is 30.4 Å². The minimum absolute atomic E-state index is 0.154. The fraction of sp³-hybridized carbons (Fsp3) is 0.533. The Morgan fingerprint density at radius 1 is 1.47 bits per heavy atom. The number of carboxylic acids is 1. The summed E-state index contributed by atoms with van der Waals surface area (Å²) in [6.45, 7) is 3.67. The Morgan fingerprint density at radius 2 is 2.26 bits per heavy atom. The summed E-state index contributed by atoms with van der Waals surface area (Å²) in [5.41, 5.74) is 2.47. The van der Waals surface area contributed by atoms with Crippen molar-refractivity contribution in [2.75, 3.05) is 6.54 Å². The van der Waals surface area contributed by atoms with Gasteiger partial charge in [-0.15, -0.1) is 0 Å². The highest BCUT2D eigenvalue weighted by Crippen LogP contribution is 2.31. The average Bonchev–Trinajstić information content (AvgIpc) is 2.82. The number of carbonyl (C=O) groups is 1. The van der Waals surface area contributed by atoms with Crippen LogP contribution in [0.25, 0.3) is 0 Å². The summed E-state index contributed by atoms with van der Waals surface area (Å²) in [6.07, 6.45) is 2.91. The van der Waals surface area contributed by atoms with Crippen LogP contribution in [0.5, 0.6) is 0 Å². The van der Waals surface area contributed by atoms with E-state index in [0.29, 0.717) is 0 Å². The summed E-state index contributed by atoms with van der Waals surface area (Å²) in [5.74, 6) is -0.503. The van der Waals surface area contributed by atoms with E-state index < -0.39 is 5.97 Å². The number of carboxylic acid groups (broad SMARTS) is 1. The van der Waals surface area contributed by atoms with Crippen molar-refractivity contribution in [3.63, 3.8) is 0 Å². The molecule has 3 nitrogen and oxygen atoms in total. The van der Waals surface area contributed by atoms with Crippen LogP contribution in [0.3, 0.4) is 0 Å². The Morgan fingerprint density at radius 3 is 2.95 bits per heavy atom. The molecule has 4 heteroatoms. The molecule has 0 aromatic heterocycles. The summed E-state index contributed by atoms with van der Waals surface area (Å²) in [4.78, 5) is 11.1. The molecule has 0 spiro atoms. The Bertz CT molecular complexity index is 461. The fourth-order valence-corrected chi connectivity index (χ4v) is 3.07. The van der Waals surface area contributed by atoms with Gasteiger partial charge in [0.15, 0.2) is 0 Å². The van der Waals surface area contributed by atoms with E-state index in [1.807, 2.05) is 0 Å². The van der Waals surface area contributed by atoms with E-state index in [0.717, 1.165) is 36.8 Å². The van der Waals surface area contributed by atoms with Crippen LogP contribution in [-0.4, -0.2) is 17.6 Å². The molecule has 0 bridgehead atoms. The summed E-state index contributed by atoms with van der Waals surface area (Å²) in [6, 6.07) is 6.30. The number of aliphatic carboxylic acids is 1. The second-order valence-electron chi connectivity index (χ2n) is 5.35. The van der Waals surface area contributed by atoms with Gasteiger partial charge in [-0.25, -0.2) is 0 Å². The van der Waals surface area contributed by atoms with Crippen LogP contribution in [0.15, 0.2) is 22.7 Å². The highest BCUT2D eigenvalue weighted by atomic mass is 79.9. The van der Waals surface area contributed by atoms with Gasteiger partial charge in [0.2, 0.25) is 0 Å². The molecule has 2 N–H and O–H groups in total. The van der Waals surface area contributed by atoms with Gasteiger partial charge in [-0.2, -0.15) is 0 Å². The predicted octanol–water partition coefficient (Wildman–Crippen LogP) is 3.35. The Hall–Kier alpha value is -0.870. The minimum atomic E-state index is -0.635. The van der Waals surface area contributed by atoms with Crippen molar-refractivity contribution in [2.24, 2.45) is 11.8 Å². The minimum Gasteiger partial charge on any atom is -0.481 e. The first-order valence-corrected chi connectivity index (χ1v) is 7.56. The number of aryl methyl sites for hydroxylation is 1. The molecule has 2 rings (SSSR count). The van der Waals surface area contributed by atoms with Crippen molar-refractivity contribution < 1.29 is 9.90 Å². The largest absolute Gasteiger partial charge is 0.481 e. The highest BCUT2D eigenvalue weighted by Gasteiger charge is 2.32. The molecule has 1 aliphatic rings. The van der Waals surface area contributed by atoms with E-state index in [1.165, 1.54) is 11.1 Å². The lowest BCUT2D eigenvalue weighted by molar-refractivity contribution is -0.142. The smallest absolute Gasteiger partial charge is 0.306 e. The quantitative estimate of drug-likeness (QED) is 0.872. The van der Waals surface area contributed by atoms with Crippen LogP contribution in [0, 0.1) is 18.8 Å². The maximum Gasteiger partial charge on any atom is 0.306 e. The first-order valence-electron chi connectivity index (χ1n) is 6.76. The summed E-state index contributed by atoms with van der Waals surface area (Å²) in [5, 5.41) is 12.5. The lowest BCUT2D eigenvalue weighted by Crippen LogP contribution is -2.28. The Kier molecular flexibility index (Phi) is 4.99. The van der Waals surface area contributed by atoms with Crippen LogP contribution < -0.4 is 5.32 Å². The number of nitrogens with one attached hydrogen (secondary N) is 1. The third-order valence-corrected chi connectivity index (χ3v) is 4.82. The lowest BCUT2D eigenvalue weighted by atomic mass is 9.96. The SMILES string of the molecule is Cc1cc(CNCC2CCCC2C(=O)O)ccc1Br. The molecule has 1 fully saturated rings. The van der Waals surface area contributed by atoms with Gasteiger partial charge in [-0.3, -0.25) is 4.79 Å². The molecule has 1 aromatic carbocycles. The predicted molar refractivity (Wildman–Crippen MR) is 79.1 cm³/mol. The van der Waals surface area contributed by atoms with Crippen molar-refractivity contribution in [2.45, 2.75) is 32.7 Å². The lowest BCUT2D eigenvalue weighted by Gasteiger charge is -2.16. The van der Waals surface area contributed by atoms with Gasteiger partial charge < -0.3 is 10.4 Å². The van der Waals surface area contributed by atoms with E-state index in [1.54, 1.807) is 0 Å². The maximum atomic E-state index is 11.1. The molecule has 19 heavy (non-hydrogen) atoms. The molecule has 0 amide bonds. The molecule has 104 valence electrons. The molecule has 0 saturated heterocycles. The highest BCUT2D eigenvalue weighted by molar-refractivity contribution is 9.10. The normalized spacial score (nSPS) is 22.6. The Balaban J connectivity index is 1.83. The van der Waals surface area contributed by atoms with Gasteiger partial charge in [0.25, 0.3) is 0 Å². The molecule has 1 aromatic rings. The van der Waals surface area contributed by atoms with Gasteiger partial charge in [-0.05, 0) is 49.4 Å². The molecule has 1 saturated carbocycles. The van der Waals surface area contributed by atoms with Crippen molar-refractivity contribution in [1.82, 2.24) is 5.32 Å². The van der Waals surface area contributed by atoms with E-state index in [-0.39, 0.29) is 11.8 Å². The monoisotopic (exact) mass is 325 g/mol. The number of benzene rings is 1. The molecule has 2 unspecified atom stereocenters. The third kappa shape index (κ3) is 3.80. The first-order chi connectivity index (χ1) is 9.08. The van der Waals surface area contributed by atoms with Crippen LogP contribution in [-0.2, 0) is 11.3 Å². The fourth-order valence-electron chi connectivity index (χ4n) is 2.82. The number of halogens is 1. The Labute approximate surface area is 122 Å². The van der Waals surface area contributed by atoms with E-state index in [9.17, 15) is 4.79 Å². The van der Waals surface area contributed by atoms with Crippen LogP contribution in [0.2, 0.25) is 0 Å². The molecule has 1 aliphatic carbocycles. The van der Waals surface area contributed by atoms with E-state index >= 15 is 0 Å². The summed E-state index contributed by atoms with van der Waals surface area (Å²) >= 11 is 3.49. The first kappa shape index (κ1) is 14.5. The molecule has 2 atom stereocenters. The van der Waals surface area contributed by atoms with Gasteiger partial charge in [0.05, 0.1) is 5.92 Å². The molecular weight excluding hydrogens is 306 g/mol. The second kappa shape index (κ2) is 6.53. The van der Waals surface area contributed by atoms with Crippen molar-refractivity contribution in [3.05, 3.63) is 33.8 Å². The van der Waals surface area contributed by atoms with Crippen molar-refractivity contribution in [1.29, 1.82) is 0 Å². The zero-order chi connectivity index (χ0) is 13.8. The van der Waals surface area contributed by atoms with Gasteiger partial charge in [-0.1, -0.05) is 34.5 Å². The maximum absolute atomic E-state index is 11.1. The van der Waals surface area contributed by atoms with Crippen LogP contribution >= 0.6 is 15.9 Å². The third-order valence-electron chi connectivity index (χ3n) is 3.93. The number of rotatable bonds is 5. The molecule has 0 radical (unpaired) electrons. The van der Waals surface area contributed by atoms with Gasteiger partial charge in [0.1, 0.15) is 0 Å². The second-order valence-corrected chi connectivity index (χ2v) is 6.20. The zero-order valence-corrected chi connectivity index (χ0v) is 12.7. The topological polar surface area (TPSA) is 49.3 Å². The van der Waals surface area contributed by atoms with E-state index in [2.05, 4.69) is 46.4 Å². The molecule has 0 aliphatic heterocycles. The molecule has 0 heterocycles. The summed E-state index contributed by atoms with van der Waals surface area (Å²) < 4.78 is 1.12. The zero-order valence-electron chi connectivity index (χ0n) is 11.2. The molecular formula is C15H20BrNO2. The van der Waals surface area contributed by atoms with Gasteiger partial charge >= 0.3 is 5.97 Å². The number of hydrogen-bond acceptors (Lipinski definition) is 2. The summed E-state index contributed by atoms with van der Waals surface area (Å²) in [7, 11) is 0.